The molecule has 1 amide bonds. The Bertz CT molecular complexity index is 632. The molecule has 6 nitrogen and oxygen atoms in total. The molecule has 22 heavy (non-hydrogen) atoms. The summed E-state index contributed by atoms with van der Waals surface area (Å²) in [5.74, 6) is 0. The fourth-order valence-electron chi connectivity index (χ4n) is 1.68. The SMILES string of the molecule is O=C(OCc1ccccc1)N1CCC1OS(=O)(=O)C(F)(F)F. The van der Waals surface area contributed by atoms with Crippen molar-refractivity contribution >= 4 is 16.2 Å². The average Bonchev–Trinajstić information content (AvgIpc) is 2.41. The standard InChI is InChI=1S/C12H12F3NO5S/c13-12(14,15)22(18,19)21-10-6-7-16(10)11(17)20-8-9-4-2-1-3-5-9/h1-5,10H,6-8H2. The summed E-state index contributed by atoms with van der Waals surface area (Å²) in [7, 11) is -5.74. The number of benzene rings is 1. The van der Waals surface area contributed by atoms with E-state index in [0.29, 0.717) is 5.56 Å². The smallest absolute Gasteiger partial charge is 0.444 e. The minimum Gasteiger partial charge on any atom is -0.444 e. The van der Waals surface area contributed by atoms with Gasteiger partial charge in [0.2, 0.25) is 0 Å². The van der Waals surface area contributed by atoms with Crippen LogP contribution in [0.15, 0.2) is 30.3 Å². The summed E-state index contributed by atoms with van der Waals surface area (Å²) in [4.78, 5) is 12.5. The Hall–Kier alpha value is -1.81. The van der Waals surface area contributed by atoms with Crippen molar-refractivity contribution in [2.75, 3.05) is 6.54 Å². The first-order valence-corrected chi connectivity index (χ1v) is 7.58. The molecule has 1 unspecified atom stereocenters. The minimum absolute atomic E-state index is 0.0181. The highest BCUT2D eigenvalue weighted by Gasteiger charge is 2.51. The highest BCUT2D eigenvalue weighted by Crippen LogP contribution is 2.30. The van der Waals surface area contributed by atoms with E-state index < -0.39 is 27.9 Å². The van der Waals surface area contributed by atoms with Gasteiger partial charge in [-0.2, -0.15) is 21.6 Å². The van der Waals surface area contributed by atoms with Crippen LogP contribution in [0.5, 0.6) is 0 Å². The van der Waals surface area contributed by atoms with Crippen LogP contribution in [0.1, 0.15) is 12.0 Å². The Morgan fingerprint density at radius 2 is 1.91 bits per heavy atom. The molecular formula is C12H12F3NO5S. The van der Waals surface area contributed by atoms with Crippen molar-refractivity contribution in [3.8, 4) is 0 Å². The normalized spacial score (nSPS) is 18.7. The maximum atomic E-state index is 12.2. The second-order valence-electron chi connectivity index (χ2n) is 4.47. The summed E-state index contributed by atoms with van der Waals surface area (Å²) >= 11 is 0. The Kier molecular flexibility index (Phi) is 4.61. The van der Waals surface area contributed by atoms with Gasteiger partial charge in [0.1, 0.15) is 6.61 Å². The largest absolute Gasteiger partial charge is 0.523 e. The van der Waals surface area contributed by atoms with Crippen LogP contribution in [0.3, 0.4) is 0 Å². The van der Waals surface area contributed by atoms with Gasteiger partial charge in [-0.05, 0) is 5.56 Å². The number of nitrogens with zero attached hydrogens (tertiary/aromatic N) is 1. The van der Waals surface area contributed by atoms with Gasteiger partial charge in [-0.15, -0.1) is 0 Å². The molecule has 0 saturated carbocycles. The van der Waals surface area contributed by atoms with Crippen LogP contribution >= 0.6 is 0 Å². The van der Waals surface area contributed by atoms with Crippen molar-refractivity contribution in [2.45, 2.75) is 24.8 Å². The summed E-state index contributed by atoms with van der Waals surface area (Å²) in [6.45, 7) is -0.0133. The molecule has 0 bridgehead atoms. The van der Waals surface area contributed by atoms with Crippen LogP contribution in [-0.2, 0) is 25.6 Å². The van der Waals surface area contributed by atoms with E-state index >= 15 is 0 Å². The predicted octanol–water partition coefficient (Wildman–Crippen LogP) is 2.22. The van der Waals surface area contributed by atoms with Gasteiger partial charge in [0.15, 0.2) is 6.23 Å². The van der Waals surface area contributed by atoms with E-state index in [1.54, 1.807) is 30.3 Å². The molecule has 2 rings (SSSR count). The Morgan fingerprint density at radius 3 is 2.41 bits per heavy atom. The lowest BCUT2D eigenvalue weighted by atomic mass is 10.2. The van der Waals surface area contributed by atoms with Gasteiger partial charge in [0, 0.05) is 13.0 Å². The zero-order valence-corrected chi connectivity index (χ0v) is 11.9. The molecule has 0 aliphatic carbocycles. The molecule has 1 atom stereocenters. The molecule has 1 aliphatic rings. The first kappa shape index (κ1) is 16.6. The molecule has 1 heterocycles. The molecule has 1 aromatic carbocycles. The molecular weight excluding hydrogens is 327 g/mol. The Labute approximate surface area is 124 Å². The summed E-state index contributed by atoms with van der Waals surface area (Å²) in [5, 5.41) is 0. The number of ether oxygens (including phenoxy) is 1. The highest BCUT2D eigenvalue weighted by atomic mass is 32.2. The number of amides is 1. The number of likely N-dealkylation sites (tertiary alicyclic amines) is 1. The van der Waals surface area contributed by atoms with Gasteiger partial charge in [-0.25, -0.2) is 8.98 Å². The summed E-state index contributed by atoms with van der Waals surface area (Å²) in [6.07, 6.45) is -2.44. The van der Waals surface area contributed by atoms with Gasteiger partial charge in [-0.3, -0.25) is 4.90 Å². The minimum atomic E-state index is -5.74. The fourth-order valence-corrected chi connectivity index (χ4v) is 2.28. The lowest BCUT2D eigenvalue weighted by molar-refractivity contribution is -0.0846. The van der Waals surface area contributed by atoms with Crippen molar-refractivity contribution in [2.24, 2.45) is 0 Å². The van der Waals surface area contributed by atoms with Crippen molar-refractivity contribution in [3.63, 3.8) is 0 Å². The molecule has 1 aliphatic heterocycles. The number of hydrogen-bond acceptors (Lipinski definition) is 5. The van der Waals surface area contributed by atoms with Gasteiger partial charge in [0.05, 0.1) is 0 Å². The van der Waals surface area contributed by atoms with Gasteiger partial charge in [0.25, 0.3) is 0 Å². The number of hydrogen-bond donors (Lipinski definition) is 0. The number of rotatable bonds is 4. The lowest BCUT2D eigenvalue weighted by Crippen LogP contribution is -2.54. The quantitative estimate of drug-likeness (QED) is 0.621. The van der Waals surface area contributed by atoms with E-state index in [0.717, 1.165) is 4.90 Å². The average molecular weight is 339 g/mol. The van der Waals surface area contributed by atoms with Crippen LogP contribution in [-0.4, -0.2) is 37.7 Å². The van der Waals surface area contributed by atoms with E-state index in [-0.39, 0.29) is 19.6 Å². The van der Waals surface area contributed by atoms with Crippen molar-refractivity contribution in [1.29, 1.82) is 0 Å². The highest BCUT2D eigenvalue weighted by molar-refractivity contribution is 7.87. The summed E-state index contributed by atoms with van der Waals surface area (Å²) < 4.78 is 67.3. The zero-order valence-electron chi connectivity index (χ0n) is 11.1. The molecule has 1 fully saturated rings. The fraction of sp³-hybridized carbons (Fsp3) is 0.417. The molecule has 1 aromatic rings. The number of halogens is 3. The molecule has 10 heteroatoms. The van der Waals surface area contributed by atoms with Crippen LogP contribution in [0, 0.1) is 0 Å². The maximum Gasteiger partial charge on any atom is 0.523 e. The lowest BCUT2D eigenvalue weighted by Gasteiger charge is -2.38. The van der Waals surface area contributed by atoms with E-state index in [1.807, 2.05) is 0 Å². The zero-order chi connectivity index (χ0) is 16.4. The molecule has 122 valence electrons. The Balaban J connectivity index is 1.89. The Morgan fingerprint density at radius 1 is 1.27 bits per heavy atom. The van der Waals surface area contributed by atoms with E-state index in [9.17, 15) is 26.4 Å². The molecule has 1 saturated heterocycles. The second-order valence-corrected chi connectivity index (χ2v) is 6.04. The summed E-state index contributed by atoms with van der Waals surface area (Å²) in [6, 6.07) is 8.63. The topological polar surface area (TPSA) is 72.9 Å². The predicted molar refractivity (Wildman–Crippen MR) is 67.8 cm³/mol. The van der Waals surface area contributed by atoms with E-state index in [4.69, 9.17) is 4.74 Å². The van der Waals surface area contributed by atoms with Gasteiger partial charge in [-0.1, -0.05) is 30.3 Å². The van der Waals surface area contributed by atoms with Crippen LogP contribution in [0.2, 0.25) is 0 Å². The van der Waals surface area contributed by atoms with E-state index in [2.05, 4.69) is 4.18 Å². The van der Waals surface area contributed by atoms with E-state index in [1.165, 1.54) is 0 Å². The third-order valence-electron chi connectivity index (χ3n) is 2.93. The number of carbonyl (C=O) groups is 1. The first-order chi connectivity index (χ1) is 10.2. The second kappa shape index (κ2) is 6.13. The van der Waals surface area contributed by atoms with Crippen LogP contribution in [0.4, 0.5) is 18.0 Å². The monoisotopic (exact) mass is 339 g/mol. The van der Waals surface area contributed by atoms with Gasteiger partial charge < -0.3 is 4.74 Å². The maximum absolute atomic E-state index is 12.2. The number of carbonyl (C=O) groups excluding carboxylic acids is 1. The van der Waals surface area contributed by atoms with Crippen molar-refractivity contribution in [3.05, 3.63) is 35.9 Å². The van der Waals surface area contributed by atoms with Crippen molar-refractivity contribution in [1.82, 2.24) is 4.90 Å². The summed E-state index contributed by atoms with van der Waals surface area (Å²) in [5.41, 5.74) is -4.83. The number of alkyl halides is 3. The van der Waals surface area contributed by atoms with Gasteiger partial charge >= 0.3 is 21.7 Å². The third kappa shape index (κ3) is 3.69. The van der Waals surface area contributed by atoms with Crippen LogP contribution < -0.4 is 0 Å². The molecule has 0 spiro atoms. The van der Waals surface area contributed by atoms with Crippen LogP contribution in [0.25, 0.3) is 0 Å². The first-order valence-electron chi connectivity index (χ1n) is 6.17. The molecule has 0 radical (unpaired) electrons. The molecule has 0 N–H and O–H groups in total. The van der Waals surface area contributed by atoms with Crippen molar-refractivity contribution < 1.29 is 35.3 Å². The third-order valence-corrected chi connectivity index (χ3v) is 3.97. The molecule has 0 aromatic heterocycles.